The second-order valence-corrected chi connectivity index (χ2v) is 9.49. The van der Waals surface area contributed by atoms with Crippen LogP contribution in [0.5, 0.6) is 11.5 Å². The molecule has 0 radical (unpaired) electrons. The Labute approximate surface area is 185 Å². The van der Waals surface area contributed by atoms with Crippen LogP contribution in [0.15, 0.2) is 36.4 Å². The van der Waals surface area contributed by atoms with Crippen LogP contribution in [0.3, 0.4) is 0 Å². The summed E-state index contributed by atoms with van der Waals surface area (Å²) in [6.45, 7) is 6.00. The van der Waals surface area contributed by atoms with E-state index in [0.717, 1.165) is 22.9 Å². The lowest BCUT2D eigenvalue weighted by molar-refractivity contribution is -0.131. The summed E-state index contributed by atoms with van der Waals surface area (Å²) in [5.74, 6) is 0.895. The van der Waals surface area contributed by atoms with Gasteiger partial charge in [0, 0.05) is 13.6 Å². The standard InChI is InChI=1S/C23H32N2O5S/c1-8-20(25(31(7,27)28)19-11-9-16(2)17(3)13-19)23(26)24(4)15-18-10-12-21(29-5)22(14-18)30-6/h9-14,20H,8,15H2,1-7H3/t20-/m1/s1. The number of nitrogens with zero attached hydrogens (tertiary/aromatic N) is 2. The van der Waals surface area contributed by atoms with Gasteiger partial charge in [-0.1, -0.05) is 19.1 Å². The number of benzene rings is 2. The fourth-order valence-corrected chi connectivity index (χ4v) is 4.69. The molecule has 0 saturated heterocycles. The number of likely N-dealkylation sites (N-methyl/N-ethyl adjacent to an activating group) is 1. The van der Waals surface area contributed by atoms with Gasteiger partial charge >= 0.3 is 0 Å². The molecule has 1 atom stereocenters. The van der Waals surface area contributed by atoms with Crippen LogP contribution in [0.2, 0.25) is 0 Å². The maximum absolute atomic E-state index is 13.3. The van der Waals surface area contributed by atoms with Crippen LogP contribution in [-0.2, 0) is 21.4 Å². The molecular weight excluding hydrogens is 416 g/mol. The number of carbonyl (C=O) groups is 1. The molecule has 0 N–H and O–H groups in total. The molecule has 2 aromatic rings. The number of rotatable bonds is 9. The Morgan fingerprint density at radius 1 is 1.00 bits per heavy atom. The Morgan fingerprint density at radius 3 is 2.16 bits per heavy atom. The van der Waals surface area contributed by atoms with E-state index in [9.17, 15) is 13.2 Å². The first-order chi connectivity index (χ1) is 14.5. The minimum Gasteiger partial charge on any atom is -0.493 e. The highest BCUT2D eigenvalue weighted by Crippen LogP contribution is 2.29. The van der Waals surface area contributed by atoms with E-state index in [1.54, 1.807) is 45.5 Å². The summed E-state index contributed by atoms with van der Waals surface area (Å²) in [4.78, 5) is 14.9. The van der Waals surface area contributed by atoms with Gasteiger partial charge < -0.3 is 14.4 Å². The second-order valence-electron chi connectivity index (χ2n) is 7.64. The first-order valence-electron chi connectivity index (χ1n) is 10.1. The molecule has 170 valence electrons. The van der Waals surface area contributed by atoms with Crippen molar-refractivity contribution in [3.63, 3.8) is 0 Å². The largest absolute Gasteiger partial charge is 0.493 e. The lowest BCUT2D eigenvalue weighted by Crippen LogP contribution is -2.49. The molecule has 0 saturated carbocycles. The van der Waals surface area contributed by atoms with E-state index in [2.05, 4.69) is 0 Å². The van der Waals surface area contributed by atoms with E-state index in [4.69, 9.17) is 9.47 Å². The SMILES string of the molecule is CC[C@H](C(=O)N(C)Cc1ccc(OC)c(OC)c1)N(c1ccc(C)c(C)c1)S(C)(=O)=O. The van der Waals surface area contributed by atoms with E-state index in [1.165, 1.54) is 9.21 Å². The highest BCUT2D eigenvalue weighted by molar-refractivity contribution is 7.92. The van der Waals surface area contributed by atoms with Gasteiger partial charge in [0.2, 0.25) is 15.9 Å². The van der Waals surface area contributed by atoms with Crippen LogP contribution < -0.4 is 13.8 Å². The predicted octanol–water partition coefficient (Wildman–Crippen LogP) is 3.52. The molecule has 31 heavy (non-hydrogen) atoms. The maximum Gasteiger partial charge on any atom is 0.246 e. The van der Waals surface area contributed by atoms with Gasteiger partial charge in [-0.2, -0.15) is 0 Å². The van der Waals surface area contributed by atoms with E-state index < -0.39 is 16.1 Å². The molecule has 0 heterocycles. The minimum absolute atomic E-state index is 0.277. The molecule has 0 aliphatic carbocycles. The normalized spacial score (nSPS) is 12.2. The molecule has 8 heteroatoms. The van der Waals surface area contributed by atoms with Gasteiger partial charge in [0.25, 0.3) is 0 Å². The first-order valence-corrected chi connectivity index (χ1v) is 11.9. The number of methoxy groups -OCH3 is 2. The highest BCUT2D eigenvalue weighted by Gasteiger charge is 2.33. The van der Waals surface area contributed by atoms with E-state index in [0.29, 0.717) is 30.2 Å². The highest BCUT2D eigenvalue weighted by atomic mass is 32.2. The molecule has 1 amide bonds. The molecule has 0 spiro atoms. The van der Waals surface area contributed by atoms with Crippen molar-refractivity contribution in [2.45, 2.75) is 39.8 Å². The molecule has 0 bridgehead atoms. The summed E-state index contributed by atoms with van der Waals surface area (Å²) in [5.41, 5.74) is 3.36. The Morgan fingerprint density at radius 2 is 1.65 bits per heavy atom. The average molecular weight is 449 g/mol. The average Bonchev–Trinajstić information content (AvgIpc) is 2.72. The van der Waals surface area contributed by atoms with Crippen LogP contribution >= 0.6 is 0 Å². The monoisotopic (exact) mass is 448 g/mol. The molecule has 0 aliphatic rings. The third-order valence-corrected chi connectivity index (χ3v) is 6.48. The fourth-order valence-electron chi connectivity index (χ4n) is 3.49. The van der Waals surface area contributed by atoms with Gasteiger partial charge in [0.05, 0.1) is 26.2 Å². The molecule has 0 aliphatic heterocycles. The number of carbonyl (C=O) groups excluding carboxylic acids is 1. The molecule has 0 unspecified atom stereocenters. The van der Waals surface area contributed by atoms with Gasteiger partial charge in [-0.25, -0.2) is 8.42 Å². The lowest BCUT2D eigenvalue weighted by atomic mass is 10.1. The van der Waals surface area contributed by atoms with E-state index in [1.807, 2.05) is 32.9 Å². The first kappa shape index (κ1) is 24.5. The van der Waals surface area contributed by atoms with Crippen molar-refractivity contribution in [2.75, 3.05) is 31.8 Å². The lowest BCUT2D eigenvalue weighted by Gasteiger charge is -2.33. The third kappa shape index (κ3) is 5.70. The molecule has 2 rings (SSSR count). The third-order valence-electron chi connectivity index (χ3n) is 5.30. The Balaban J connectivity index is 2.35. The van der Waals surface area contributed by atoms with Crippen molar-refractivity contribution < 1.29 is 22.7 Å². The number of aryl methyl sites for hydroxylation is 2. The summed E-state index contributed by atoms with van der Waals surface area (Å²) < 4.78 is 37.2. The topological polar surface area (TPSA) is 76.2 Å². The second kappa shape index (κ2) is 10.0. The summed E-state index contributed by atoms with van der Waals surface area (Å²) in [5, 5.41) is 0. The number of hydrogen-bond donors (Lipinski definition) is 0. The predicted molar refractivity (Wildman–Crippen MR) is 123 cm³/mol. The van der Waals surface area contributed by atoms with Gasteiger partial charge in [-0.3, -0.25) is 9.10 Å². The zero-order chi connectivity index (χ0) is 23.3. The van der Waals surface area contributed by atoms with Crippen LogP contribution in [0.4, 0.5) is 5.69 Å². The quantitative estimate of drug-likeness (QED) is 0.587. The molecule has 7 nitrogen and oxygen atoms in total. The van der Waals surface area contributed by atoms with Gasteiger partial charge in [0.1, 0.15) is 6.04 Å². The van der Waals surface area contributed by atoms with Crippen molar-refractivity contribution >= 4 is 21.6 Å². The summed E-state index contributed by atoms with van der Waals surface area (Å²) in [7, 11) is 1.10. The van der Waals surface area contributed by atoms with Crippen molar-refractivity contribution in [3.05, 3.63) is 53.1 Å². The van der Waals surface area contributed by atoms with Crippen LogP contribution in [0.1, 0.15) is 30.0 Å². The van der Waals surface area contributed by atoms with Crippen LogP contribution in [0, 0.1) is 13.8 Å². The molecular formula is C23H32N2O5S. The van der Waals surface area contributed by atoms with Gasteiger partial charge in [0.15, 0.2) is 11.5 Å². The Kier molecular flexibility index (Phi) is 7.95. The fraction of sp³-hybridized carbons (Fsp3) is 0.435. The van der Waals surface area contributed by atoms with Crippen LogP contribution in [0.25, 0.3) is 0 Å². The zero-order valence-corrected chi connectivity index (χ0v) is 20.1. The summed E-state index contributed by atoms with van der Waals surface area (Å²) in [6, 6.07) is 10.0. The van der Waals surface area contributed by atoms with Crippen LogP contribution in [-0.4, -0.2) is 52.8 Å². The molecule has 0 aromatic heterocycles. The number of sulfonamides is 1. The smallest absolute Gasteiger partial charge is 0.246 e. The number of ether oxygens (including phenoxy) is 2. The molecule has 2 aromatic carbocycles. The van der Waals surface area contributed by atoms with Crippen molar-refractivity contribution in [1.29, 1.82) is 0 Å². The Bertz CT molecular complexity index is 1040. The van der Waals surface area contributed by atoms with Gasteiger partial charge in [-0.15, -0.1) is 0 Å². The van der Waals surface area contributed by atoms with Gasteiger partial charge in [-0.05, 0) is 61.2 Å². The maximum atomic E-state index is 13.3. The van der Waals surface area contributed by atoms with Crippen molar-refractivity contribution in [1.82, 2.24) is 4.90 Å². The zero-order valence-electron chi connectivity index (χ0n) is 19.3. The van der Waals surface area contributed by atoms with E-state index >= 15 is 0 Å². The van der Waals surface area contributed by atoms with Crippen molar-refractivity contribution in [3.8, 4) is 11.5 Å². The minimum atomic E-state index is -3.68. The number of anilines is 1. The summed E-state index contributed by atoms with van der Waals surface area (Å²) >= 11 is 0. The van der Waals surface area contributed by atoms with Crippen molar-refractivity contribution in [2.24, 2.45) is 0 Å². The number of hydrogen-bond acceptors (Lipinski definition) is 5. The molecule has 0 fully saturated rings. The summed E-state index contributed by atoms with van der Waals surface area (Å²) in [6.07, 6.45) is 1.47. The number of amides is 1. The van der Waals surface area contributed by atoms with E-state index in [-0.39, 0.29) is 5.91 Å². The Hall–Kier alpha value is -2.74.